The Hall–Kier alpha value is -5.02. The fourth-order valence-electron chi connectivity index (χ4n) is 5.63. The van der Waals surface area contributed by atoms with E-state index in [9.17, 15) is 0 Å². The number of rotatable bonds is 4. The van der Waals surface area contributed by atoms with Crippen LogP contribution in [0.1, 0.15) is 6.93 Å². The van der Waals surface area contributed by atoms with Gasteiger partial charge in [0.25, 0.3) is 0 Å². The van der Waals surface area contributed by atoms with E-state index >= 15 is 4.39 Å². The maximum Gasteiger partial charge on any atom is 0.216 e. The molecule has 0 N–H and O–H groups in total. The van der Waals surface area contributed by atoms with Gasteiger partial charge in [-0.3, -0.25) is 0 Å². The Morgan fingerprint density at radius 3 is 1.93 bits per heavy atom. The third-order valence-electron chi connectivity index (χ3n) is 7.62. The van der Waals surface area contributed by atoms with Crippen LogP contribution in [-0.4, -0.2) is 0 Å². The molecule has 0 fully saturated rings. The summed E-state index contributed by atoms with van der Waals surface area (Å²) >= 11 is 0. The van der Waals surface area contributed by atoms with Crippen molar-refractivity contribution >= 4 is 21.9 Å². The highest BCUT2D eigenvalue weighted by molar-refractivity contribution is 6.13. The summed E-state index contributed by atoms with van der Waals surface area (Å²) in [6, 6.07) is 39.5. The summed E-state index contributed by atoms with van der Waals surface area (Å²) in [5, 5.41) is 1.78. The predicted molar refractivity (Wildman–Crippen MR) is 161 cm³/mol. The molecule has 0 radical (unpaired) electrons. The second-order valence-electron chi connectivity index (χ2n) is 10.2. The SMILES string of the molecule is [2H]c1c(-c2ccccc2)ccc(-c2c(C)ccc3c2oc2c(-c4cccc(-c5ccccc5)c4)c(F)ccc23)[n+]1C. The van der Waals surface area contributed by atoms with Crippen molar-refractivity contribution in [1.29, 1.82) is 0 Å². The Morgan fingerprint density at radius 2 is 1.20 bits per heavy atom. The van der Waals surface area contributed by atoms with E-state index < -0.39 is 0 Å². The van der Waals surface area contributed by atoms with Crippen molar-refractivity contribution in [3.05, 3.63) is 139 Å². The summed E-state index contributed by atoms with van der Waals surface area (Å²) in [4.78, 5) is 0. The number of hydrogen-bond donors (Lipinski definition) is 0. The summed E-state index contributed by atoms with van der Waals surface area (Å²) in [6.45, 7) is 2.04. The van der Waals surface area contributed by atoms with Gasteiger partial charge in [0.15, 0.2) is 6.17 Å². The number of fused-ring (bicyclic) bond motifs is 3. The molecule has 2 aromatic heterocycles. The van der Waals surface area contributed by atoms with Gasteiger partial charge in [-0.25, -0.2) is 8.96 Å². The molecular formula is C37H27FNO+. The third kappa shape index (κ3) is 3.99. The van der Waals surface area contributed by atoms with Crippen LogP contribution in [0.2, 0.25) is 0 Å². The van der Waals surface area contributed by atoms with E-state index in [4.69, 9.17) is 5.79 Å². The van der Waals surface area contributed by atoms with E-state index in [1.54, 1.807) is 6.07 Å². The van der Waals surface area contributed by atoms with Crippen LogP contribution in [0.5, 0.6) is 0 Å². The van der Waals surface area contributed by atoms with Crippen LogP contribution >= 0.6 is 0 Å². The average Bonchev–Trinajstić information content (AvgIpc) is 3.38. The van der Waals surface area contributed by atoms with Gasteiger partial charge >= 0.3 is 0 Å². The Morgan fingerprint density at radius 1 is 0.600 bits per heavy atom. The molecule has 0 unspecified atom stereocenters. The zero-order valence-electron chi connectivity index (χ0n) is 23.3. The molecule has 0 spiro atoms. The highest BCUT2D eigenvalue weighted by Crippen LogP contribution is 2.42. The Kier molecular flexibility index (Phi) is 5.51. The summed E-state index contributed by atoms with van der Waals surface area (Å²) in [6.07, 6.45) is 0.408. The largest absolute Gasteiger partial charge is 0.454 e. The maximum atomic E-state index is 15.6. The Bertz CT molecular complexity index is 2080. The molecule has 7 aromatic rings. The minimum atomic E-state index is -0.328. The van der Waals surface area contributed by atoms with Crippen LogP contribution in [-0.2, 0) is 7.05 Å². The van der Waals surface area contributed by atoms with Crippen molar-refractivity contribution in [1.82, 2.24) is 0 Å². The van der Waals surface area contributed by atoms with Crippen LogP contribution in [0, 0.1) is 12.7 Å². The standard InChI is InChI=1S/C37H27FNO/c1-24-16-18-30-31-19-20-32(38)35(28-15-9-14-27(22-28)25-10-5-3-6-11-25)37(31)40-36(30)34(24)33-21-17-29(23-39(33)2)26-12-7-4-8-13-26/h3-23H,1-2H3/q+1/i23D. The molecule has 0 bridgehead atoms. The van der Waals surface area contributed by atoms with Crippen molar-refractivity contribution < 1.29 is 14.7 Å². The minimum absolute atomic E-state index is 0.328. The van der Waals surface area contributed by atoms with E-state index in [0.717, 1.165) is 55.4 Å². The van der Waals surface area contributed by atoms with Gasteiger partial charge in [-0.05, 0) is 59.0 Å². The average molecular weight is 522 g/mol. The van der Waals surface area contributed by atoms with Crippen molar-refractivity contribution in [2.45, 2.75) is 6.92 Å². The van der Waals surface area contributed by atoms with Crippen LogP contribution < -0.4 is 4.57 Å². The molecule has 192 valence electrons. The van der Waals surface area contributed by atoms with Crippen LogP contribution in [0.3, 0.4) is 0 Å². The quantitative estimate of drug-likeness (QED) is 0.211. The lowest BCUT2D eigenvalue weighted by atomic mass is 9.96. The number of benzene rings is 5. The molecule has 0 atom stereocenters. The third-order valence-corrected chi connectivity index (χ3v) is 7.62. The van der Waals surface area contributed by atoms with E-state index in [2.05, 4.69) is 18.2 Å². The molecule has 0 saturated heterocycles. The molecular weight excluding hydrogens is 493 g/mol. The lowest BCUT2D eigenvalue weighted by molar-refractivity contribution is -0.659. The van der Waals surface area contributed by atoms with E-state index in [1.807, 2.05) is 110 Å². The highest BCUT2D eigenvalue weighted by atomic mass is 19.1. The van der Waals surface area contributed by atoms with Crippen molar-refractivity contribution in [3.63, 3.8) is 0 Å². The number of halogens is 1. The summed E-state index contributed by atoms with van der Waals surface area (Å²) in [5.74, 6) is -0.328. The molecule has 0 saturated carbocycles. The molecule has 7 rings (SSSR count). The number of aryl methyl sites for hydroxylation is 1. The van der Waals surface area contributed by atoms with Crippen molar-refractivity contribution in [3.8, 4) is 44.6 Å². The van der Waals surface area contributed by atoms with Gasteiger partial charge in [-0.2, -0.15) is 0 Å². The first-order valence-electron chi connectivity index (χ1n) is 13.9. The number of hydrogen-bond acceptors (Lipinski definition) is 1. The normalized spacial score (nSPS) is 11.7. The molecule has 5 aromatic carbocycles. The molecule has 0 amide bonds. The Labute approximate surface area is 234 Å². The molecule has 0 aliphatic carbocycles. The van der Waals surface area contributed by atoms with Gasteiger partial charge in [-0.15, -0.1) is 0 Å². The lowest BCUT2D eigenvalue weighted by Gasteiger charge is -2.08. The first-order valence-corrected chi connectivity index (χ1v) is 13.4. The van der Waals surface area contributed by atoms with Gasteiger partial charge in [0.2, 0.25) is 5.69 Å². The van der Waals surface area contributed by atoms with E-state index in [0.29, 0.717) is 22.9 Å². The lowest BCUT2D eigenvalue weighted by Crippen LogP contribution is -2.30. The van der Waals surface area contributed by atoms with Gasteiger partial charge in [0.1, 0.15) is 25.4 Å². The van der Waals surface area contributed by atoms with Crippen LogP contribution in [0.15, 0.2) is 132 Å². The number of aromatic nitrogens is 1. The first kappa shape index (κ1) is 22.9. The van der Waals surface area contributed by atoms with Crippen molar-refractivity contribution in [2.75, 3.05) is 0 Å². The molecule has 0 aliphatic rings. The smallest absolute Gasteiger partial charge is 0.216 e. The van der Waals surface area contributed by atoms with Crippen LogP contribution in [0.25, 0.3) is 66.6 Å². The molecule has 2 heterocycles. The summed E-state index contributed by atoms with van der Waals surface area (Å²) < 4.78 is 33.1. The van der Waals surface area contributed by atoms with E-state index in [1.165, 1.54) is 6.07 Å². The van der Waals surface area contributed by atoms with Gasteiger partial charge in [0, 0.05) is 22.4 Å². The van der Waals surface area contributed by atoms with E-state index in [-0.39, 0.29) is 5.82 Å². The van der Waals surface area contributed by atoms with Gasteiger partial charge < -0.3 is 4.42 Å². The number of furan rings is 1. The first-order chi connectivity index (χ1) is 20.0. The summed E-state index contributed by atoms with van der Waals surface area (Å²) in [5.41, 5.74) is 9.15. The predicted octanol–water partition coefficient (Wildman–Crippen LogP) is 9.53. The number of pyridine rings is 1. The van der Waals surface area contributed by atoms with Gasteiger partial charge in [0.05, 0.1) is 11.1 Å². The second-order valence-corrected chi connectivity index (χ2v) is 10.2. The monoisotopic (exact) mass is 521 g/mol. The van der Waals surface area contributed by atoms with Gasteiger partial charge in [-0.1, -0.05) is 91.0 Å². The Balaban J connectivity index is 1.45. The fourth-order valence-corrected chi connectivity index (χ4v) is 5.63. The van der Waals surface area contributed by atoms with Crippen LogP contribution in [0.4, 0.5) is 4.39 Å². The second kappa shape index (κ2) is 9.62. The molecule has 3 heteroatoms. The highest BCUT2D eigenvalue weighted by Gasteiger charge is 2.23. The molecule has 0 aliphatic heterocycles. The minimum Gasteiger partial charge on any atom is -0.454 e. The zero-order chi connectivity index (χ0) is 28.1. The zero-order valence-corrected chi connectivity index (χ0v) is 22.3. The fraction of sp³-hybridized carbons (Fsp3) is 0.0541. The topological polar surface area (TPSA) is 17.0 Å². The summed E-state index contributed by atoms with van der Waals surface area (Å²) in [7, 11) is 1.91. The molecule has 2 nitrogen and oxygen atoms in total. The number of nitrogens with zero attached hydrogens (tertiary/aromatic N) is 1. The molecule has 40 heavy (non-hydrogen) atoms. The maximum absolute atomic E-state index is 15.6. The van der Waals surface area contributed by atoms with Crippen molar-refractivity contribution in [2.24, 2.45) is 7.05 Å².